The molecule has 8 nitrogen and oxygen atoms in total. The number of nitrogens with one attached hydrogen (secondary N) is 1. The molecule has 0 bridgehead atoms. The van der Waals surface area contributed by atoms with Gasteiger partial charge in [-0.1, -0.05) is 41.6 Å². The van der Waals surface area contributed by atoms with Gasteiger partial charge in [-0.3, -0.25) is 4.79 Å². The Labute approximate surface area is 185 Å². The molecule has 1 amide bonds. The SMILES string of the molecule is CCOc1cc(C=NNC(=O)CSc2nnc(-c3ccc(C)cc3)n2CC)ccc1O. The van der Waals surface area contributed by atoms with Crippen LogP contribution in [0.4, 0.5) is 0 Å². The number of hydrogen-bond donors (Lipinski definition) is 2. The number of carbonyl (C=O) groups excluding carboxylic acids is 1. The summed E-state index contributed by atoms with van der Waals surface area (Å²) in [5.41, 5.74) is 5.36. The Balaban J connectivity index is 1.58. The second kappa shape index (κ2) is 10.6. The Morgan fingerprint density at radius 1 is 1.23 bits per heavy atom. The number of phenolic OH excluding ortho intramolecular Hbond substituents is 1. The van der Waals surface area contributed by atoms with E-state index in [2.05, 4.69) is 20.7 Å². The van der Waals surface area contributed by atoms with Crippen LogP contribution < -0.4 is 10.2 Å². The first-order chi connectivity index (χ1) is 15.0. The lowest BCUT2D eigenvalue weighted by atomic mass is 10.1. The first-order valence-corrected chi connectivity index (χ1v) is 10.9. The molecular weight excluding hydrogens is 414 g/mol. The van der Waals surface area contributed by atoms with Crippen LogP contribution in [0.5, 0.6) is 11.5 Å². The van der Waals surface area contributed by atoms with Crippen LogP contribution in [-0.2, 0) is 11.3 Å². The van der Waals surface area contributed by atoms with Crippen molar-refractivity contribution in [3.8, 4) is 22.9 Å². The van der Waals surface area contributed by atoms with E-state index in [9.17, 15) is 9.90 Å². The number of aromatic hydroxyl groups is 1. The average Bonchev–Trinajstić information content (AvgIpc) is 3.18. The zero-order valence-corrected chi connectivity index (χ0v) is 18.5. The fourth-order valence-electron chi connectivity index (χ4n) is 2.82. The van der Waals surface area contributed by atoms with Crippen molar-refractivity contribution < 1.29 is 14.6 Å². The van der Waals surface area contributed by atoms with E-state index < -0.39 is 0 Å². The number of aryl methyl sites for hydroxylation is 1. The van der Waals surface area contributed by atoms with Crippen LogP contribution in [0.1, 0.15) is 25.0 Å². The second-order valence-corrected chi connectivity index (χ2v) is 7.60. The third-order valence-electron chi connectivity index (χ3n) is 4.36. The molecule has 0 aliphatic carbocycles. The number of carbonyl (C=O) groups is 1. The standard InChI is InChI=1S/C22H25N5O3S/c1-4-27-21(17-9-6-15(3)7-10-17)25-26-22(27)31-14-20(29)24-23-13-16-8-11-18(28)19(12-16)30-5-2/h6-13,28H,4-5,14H2,1-3H3,(H,24,29). The summed E-state index contributed by atoms with van der Waals surface area (Å²) in [6.07, 6.45) is 1.49. The molecule has 0 radical (unpaired) electrons. The van der Waals surface area contributed by atoms with E-state index in [1.54, 1.807) is 12.1 Å². The summed E-state index contributed by atoms with van der Waals surface area (Å²) in [6, 6.07) is 13.0. The van der Waals surface area contributed by atoms with E-state index in [1.165, 1.54) is 29.6 Å². The molecule has 0 atom stereocenters. The van der Waals surface area contributed by atoms with Gasteiger partial charge in [0.15, 0.2) is 22.5 Å². The van der Waals surface area contributed by atoms with Gasteiger partial charge in [-0.05, 0) is 44.5 Å². The molecule has 3 aromatic rings. The first-order valence-electron chi connectivity index (χ1n) is 9.92. The van der Waals surface area contributed by atoms with Crippen LogP contribution in [0.15, 0.2) is 52.7 Å². The van der Waals surface area contributed by atoms with E-state index in [1.807, 2.05) is 49.6 Å². The predicted octanol–water partition coefficient (Wildman–Crippen LogP) is 3.62. The predicted molar refractivity (Wildman–Crippen MR) is 122 cm³/mol. The van der Waals surface area contributed by atoms with Gasteiger partial charge in [0.05, 0.1) is 18.6 Å². The van der Waals surface area contributed by atoms with Crippen molar-refractivity contribution in [3.63, 3.8) is 0 Å². The second-order valence-electron chi connectivity index (χ2n) is 6.66. The highest BCUT2D eigenvalue weighted by Crippen LogP contribution is 2.26. The number of rotatable bonds is 9. The normalized spacial score (nSPS) is 11.1. The Hall–Kier alpha value is -3.33. The number of hydrazone groups is 1. The van der Waals surface area contributed by atoms with Crippen LogP contribution in [0, 0.1) is 6.92 Å². The number of amides is 1. The van der Waals surface area contributed by atoms with Crippen LogP contribution in [-0.4, -0.2) is 44.4 Å². The summed E-state index contributed by atoms with van der Waals surface area (Å²) in [6.45, 7) is 7.03. The van der Waals surface area contributed by atoms with Crippen LogP contribution >= 0.6 is 11.8 Å². The summed E-state index contributed by atoms with van der Waals surface area (Å²) in [5, 5.41) is 22.9. The molecule has 0 spiro atoms. The summed E-state index contributed by atoms with van der Waals surface area (Å²) in [5.74, 6) is 1.11. The lowest BCUT2D eigenvalue weighted by Gasteiger charge is -2.07. The molecule has 3 rings (SSSR count). The van der Waals surface area contributed by atoms with Crippen molar-refractivity contribution in [3.05, 3.63) is 53.6 Å². The summed E-state index contributed by atoms with van der Waals surface area (Å²) in [4.78, 5) is 12.2. The highest BCUT2D eigenvalue weighted by molar-refractivity contribution is 7.99. The molecule has 0 aliphatic rings. The van der Waals surface area contributed by atoms with E-state index in [-0.39, 0.29) is 17.4 Å². The van der Waals surface area contributed by atoms with E-state index in [0.29, 0.717) is 29.6 Å². The molecule has 2 N–H and O–H groups in total. The number of nitrogens with zero attached hydrogens (tertiary/aromatic N) is 4. The average molecular weight is 440 g/mol. The van der Waals surface area contributed by atoms with Crippen molar-refractivity contribution in [2.24, 2.45) is 5.10 Å². The maximum atomic E-state index is 12.2. The van der Waals surface area contributed by atoms with Gasteiger partial charge in [0.1, 0.15) is 0 Å². The van der Waals surface area contributed by atoms with Gasteiger partial charge in [0, 0.05) is 12.1 Å². The van der Waals surface area contributed by atoms with Gasteiger partial charge in [0.2, 0.25) is 0 Å². The van der Waals surface area contributed by atoms with E-state index >= 15 is 0 Å². The molecule has 162 valence electrons. The lowest BCUT2D eigenvalue weighted by Crippen LogP contribution is -2.20. The number of aromatic nitrogens is 3. The zero-order valence-electron chi connectivity index (χ0n) is 17.7. The molecular formula is C22H25N5O3S. The zero-order chi connectivity index (χ0) is 22.2. The quantitative estimate of drug-likeness (QED) is 0.300. The minimum absolute atomic E-state index is 0.0597. The maximum Gasteiger partial charge on any atom is 0.250 e. The minimum atomic E-state index is -0.257. The summed E-state index contributed by atoms with van der Waals surface area (Å²) in [7, 11) is 0. The maximum absolute atomic E-state index is 12.2. The highest BCUT2D eigenvalue weighted by atomic mass is 32.2. The van der Waals surface area contributed by atoms with Crippen molar-refractivity contribution in [2.45, 2.75) is 32.5 Å². The molecule has 0 saturated carbocycles. The summed E-state index contributed by atoms with van der Waals surface area (Å²) >= 11 is 1.31. The third kappa shape index (κ3) is 5.85. The minimum Gasteiger partial charge on any atom is -0.504 e. The molecule has 0 unspecified atom stereocenters. The third-order valence-corrected chi connectivity index (χ3v) is 5.33. The van der Waals surface area contributed by atoms with Crippen molar-refractivity contribution >= 4 is 23.9 Å². The Morgan fingerprint density at radius 2 is 2.00 bits per heavy atom. The number of phenols is 1. The van der Waals surface area contributed by atoms with E-state index in [0.717, 1.165) is 11.4 Å². The monoisotopic (exact) mass is 439 g/mol. The van der Waals surface area contributed by atoms with Gasteiger partial charge >= 0.3 is 0 Å². The molecule has 2 aromatic carbocycles. The van der Waals surface area contributed by atoms with Gasteiger partial charge in [-0.2, -0.15) is 5.10 Å². The molecule has 0 fully saturated rings. The lowest BCUT2D eigenvalue weighted by molar-refractivity contribution is -0.118. The van der Waals surface area contributed by atoms with E-state index in [4.69, 9.17) is 4.74 Å². The molecule has 1 heterocycles. The highest BCUT2D eigenvalue weighted by Gasteiger charge is 2.14. The first kappa shape index (κ1) is 22.4. The number of benzene rings is 2. The fourth-order valence-corrected chi connectivity index (χ4v) is 3.61. The largest absolute Gasteiger partial charge is 0.504 e. The molecule has 9 heteroatoms. The topological polar surface area (TPSA) is 102 Å². The molecule has 1 aromatic heterocycles. The van der Waals surface area contributed by atoms with Crippen LogP contribution in [0.2, 0.25) is 0 Å². The fraction of sp³-hybridized carbons (Fsp3) is 0.273. The van der Waals surface area contributed by atoms with Gasteiger partial charge in [-0.15, -0.1) is 10.2 Å². The summed E-state index contributed by atoms with van der Waals surface area (Å²) < 4.78 is 7.32. The smallest absolute Gasteiger partial charge is 0.250 e. The Morgan fingerprint density at radius 3 is 2.71 bits per heavy atom. The van der Waals surface area contributed by atoms with Gasteiger partial charge in [0.25, 0.3) is 5.91 Å². The van der Waals surface area contributed by atoms with Crippen molar-refractivity contribution in [2.75, 3.05) is 12.4 Å². The molecule has 0 aliphatic heterocycles. The Bertz CT molecular complexity index is 1060. The van der Waals surface area contributed by atoms with Gasteiger partial charge in [-0.25, -0.2) is 5.43 Å². The van der Waals surface area contributed by atoms with Crippen LogP contribution in [0.3, 0.4) is 0 Å². The van der Waals surface area contributed by atoms with Gasteiger partial charge < -0.3 is 14.4 Å². The Kier molecular flexibility index (Phi) is 7.66. The molecule has 31 heavy (non-hydrogen) atoms. The van der Waals surface area contributed by atoms with Crippen molar-refractivity contribution in [1.82, 2.24) is 20.2 Å². The number of ether oxygens (including phenoxy) is 1. The molecule has 0 saturated heterocycles. The number of hydrogen-bond acceptors (Lipinski definition) is 7. The number of thioether (sulfide) groups is 1. The van der Waals surface area contributed by atoms with Crippen LogP contribution in [0.25, 0.3) is 11.4 Å². The van der Waals surface area contributed by atoms with Crippen molar-refractivity contribution in [1.29, 1.82) is 0 Å².